The molecule has 0 aromatic carbocycles. The number of hydrogen-bond donors (Lipinski definition) is 0. The highest BCUT2D eigenvalue weighted by Gasteiger charge is 2.64. The Labute approximate surface area is 238 Å². The largest absolute Gasteiger partial charge is 0.327 e. The van der Waals surface area contributed by atoms with Crippen molar-refractivity contribution in [3.05, 3.63) is 61.1 Å². The van der Waals surface area contributed by atoms with Crippen LogP contribution in [0.4, 0.5) is 0 Å². The molecule has 1 aliphatic heterocycles. The number of aromatic nitrogens is 5. The second-order valence-electron chi connectivity index (χ2n) is 11.2. The van der Waals surface area contributed by atoms with Crippen molar-refractivity contribution >= 4 is 34.1 Å². The number of amides is 1. The fourth-order valence-corrected chi connectivity index (χ4v) is 5.65. The lowest BCUT2D eigenvalue weighted by Crippen LogP contribution is -2.46. The molecule has 0 N–H and O–H groups in total. The highest BCUT2D eigenvalue weighted by atomic mass is 16.2. The average molecular weight is 555 g/mol. The monoisotopic (exact) mass is 554 g/mol. The van der Waals surface area contributed by atoms with Gasteiger partial charge in [-0.2, -0.15) is 5.10 Å². The van der Waals surface area contributed by atoms with Gasteiger partial charge in [0.2, 0.25) is 11.7 Å². The van der Waals surface area contributed by atoms with E-state index in [1.165, 1.54) is 17.8 Å². The van der Waals surface area contributed by atoms with Gasteiger partial charge in [-0.25, -0.2) is 9.97 Å². The first-order chi connectivity index (χ1) is 19.6. The standard InChI is InChI=1S/C30H34N8O3/c1-7-9-21(31-8-2)29(41)23-11-30(4)12-25(30)38(23)27(40)17-37-24-15-32-22(10-20(24)28(35-37)18(3)39)19-13-33-26(34-14-19)16-36(5)6/h7-10,13-15,23,25H,2,11-12,16-17H2,1,3-6H3/b9-7-,31-21+/t23-,25+,30-/m0/s1. The molecule has 0 unspecified atom stereocenters. The molecule has 2 fully saturated rings. The van der Waals surface area contributed by atoms with Crippen molar-refractivity contribution in [2.75, 3.05) is 14.1 Å². The second-order valence-corrected chi connectivity index (χ2v) is 11.2. The van der Waals surface area contributed by atoms with Gasteiger partial charge in [0.05, 0.1) is 30.0 Å². The highest BCUT2D eigenvalue weighted by molar-refractivity contribution is 6.46. The first-order valence-electron chi connectivity index (χ1n) is 13.6. The molecule has 3 aromatic heterocycles. The Hall–Kier alpha value is -4.38. The van der Waals surface area contributed by atoms with E-state index in [4.69, 9.17) is 0 Å². The Morgan fingerprint density at radius 2 is 1.90 bits per heavy atom. The lowest BCUT2D eigenvalue weighted by molar-refractivity contribution is -0.137. The second kappa shape index (κ2) is 10.9. The normalized spacial score (nSPS) is 22.0. The summed E-state index contributed by atoms with van der Waals surface area (Å²) in [6.07, 6.45) is 11.2. The summed E-state index contributed by atoms with van der Waals surface area (Å²) in [6, 6.07) is 1.14. The number of piperidine rings is 1. The van der Waals surface area contributed by atoms with Gasteiger partial charge >= 0.3 is 0 Å². The van der Waals surface area contributed by atoms with E-state index in [0.29, 0.717) is 41.0 Å². The van der Waals surface area contributed by atoms with Crippen molar-refractivity contribution in [3.63, 3.8) is 0 Å². The molecule has 0 spiro atoms. The minimum absolute atomic E-state index is 0.0196. The van der Waals surface area contributed by atoms with Crippen LogP contribution in [0.1, 0.15) is 49.9 Å². The van der Waals surface area contributed by atoms with E-state index in [1.807, 2.05) is 25.9 Å². The lowest BCUT2D eigenvalue weighted by atomic mass is 9.97. The number of fused-ring (bicyclic) bond motifs is 2. The minimum atomic E-state index is -0.615. The van der Waals surface area contributed by atoms with Gasteiger partial charge in [-0.1, -0.05) is 19.6 Å². The number of allylic oxidation sites excluding steroid dienone is 2. The van der Waals surface area contributed by atoms with Crippen molar-refractivity contribution in [1.82, 2.24) is 34.5 Å². The number of likely N-dealkylation sites (tertiary alicyclic amines) is 1. The molecule has 212 valence electrons. The van der Waals surface area contributed by atoms with Gasteiger partial charge in [0.25, 0.3) is 0 Å². The van der Waals surface area contributed by atoms with Gasteiger partial charge in [0, 0.05) is 42.5 Å². The molecule has 3 aromatic rings. The smallest absolute Gasteiger partial charge is 0.245 e. The van der Waals surface area contributed by atoms with Gasteiger partial charge in [-0.15, -0.1) is 0 Å². The molecule has 0 bridgehead atoms. The maximum Gasteiger partial charge on any atom is 0.245 e. The zero-order valence-corrected chi connectivity index (χ0v) is 24.0. The quantitative estimate of drug-likeness (QED) is 0.276. The SMILES string of the molecule is C=C/N=C(\C=C/C)C(=O)[C@@H]1C[C@@]2(C)C[C@H]2N1C(=O)Cn1nc(C(C)=O)c2cc(-c3cnc(CN(C)C)nc3)ncc21. The van der Waals surface area contributed by atoms with Gasteiger partial charge in [0.1, 0.15) is 23.8 Å². The first-order valence-corrected chi connectivity index (χ1v) is 13.6. The predicted octanol–water partition coefficient (Wildman–Crippen LogP) is 3.26. The van der Waals surface area contributed by atoms with Crippen LogP contribution in [0, 0.1) is 5.41 Å². The highest BCUT2D eigenvalue weighted by Crippen LogP contribution is 2.59. The Balaban J connectivity index is 1.45. The predicted molar refractivity (Wildman–Crippen MR) is 155 cm³/mol. The van der Waals surface area contributed by atoms with Gasteiger partial charge < -0.3 is 9.80 Å². The summed E-state index contributed by atoms with van der Waals surface area (Å²) in [7, 11) is 3.89. The number of rotatable bonds is 10. The van der Waals surface area contributed by atoms with Gasteiger partial charge in [-0.05, 0) is 51.4 Å². The fourth-order valence-electron chi connectivity index (χ4n) is 5.65. The summed E-state index contributed by atoms with van der Waals surface area (Å²) in [5.74, 6) is 0.0253. The summed E-state index contributed by atoms with van der Waals surface area (Å²) >= 11 is 0. The third-order valence-electron chi connectivity index (χ3n) is 7.75. The van der Waals surface area contributed by atoms with Crippen molar-refractivity contribution in [1.29, 1.82) is 0 Å². The number of hydrogen-bond acceptors (Lipinski definition) is 9. The zero-order chi connectivity index (χ0) is 29.5. The summed E-state index contributed by atoms with van der Waals surface area (Å²) in [5, 5.41) is 5.10. The summed E-state index contributed by atoms with van der Waals surface area (Å²) in [6.45, 7) is 9.46. The van der Waals surface area contributed by atoms with Crippen molar-refractivity contribution in [2.45, 2.75) is 58.8 Å². The molecule has 0 radical (unpaired) electrons. The van der Waals surface area contributed by atoms with Crippen molar-refractivity contribution in [2.24, 2.45) is 10.4 Å². The molecule has 5 rings (SSSR count). The van der Waals surface area contributed by atoms with Crippen LogP contribution >= 0.6 is 0 Å². The molecule has 11 nitrogen and oxygen atoms in total. The van der Waals surface area contributed by atoms with E-state index in [1.54, 1.807) is 41.7 Å². The molecule has 1 amide bonds. The number of nitrogens with zero attached hydrogens (tertiary/aromatic N) is 8. The Bertz CT molecular complexity index is 1600. The number of Topliss-reactive ketones (excluding diaryl/α,β-unsaturated/α-hetero) is 2. The van der Waals surface area contributed by atoms with Crippen LogP contribution in [-0.4, -0.2) is 83.9 Å². The van der Waals surface area contributed by atoms with E-state index in [9.17, 15) is 14.4 Å². The molecular weight excluding hydrogens is 520 g/mol. The minimum Gasteiger partial charge on any atom is -0.327 e. The van der Waals surface area contributed by atoms with Crippen molar-refractivity contribution < 1.29 is 14.4 Å². The fraction of sp³-hybridized carbons (Fsp3) is 0.400. The topological polar surface area (TPSA) is 127 Å². The van der Waals surface area contributed by atoms with Crippen LogP contribution in [0.25, 0.3) is 22.2 Å². The average Bonchev–Trinajstić information content (AvgIpc) is 3.30. The molecule has 4 heterocycles. The summed E-state index contributed by atoms with van der Waals surface area (Å²) < 4.78 is 1.51. The van der Waals surface area contributed by atoms with Crippen LogP contribution in [0.3, 0.4) is 0 Å². The maximum absolute atomic E-state index is 13.8. The van der Waals surface area contributed by atoms with Crippen LogP contribution < -0.4 is 0 Å². The van der Waals surface area contributed by atoms with Crippen LogP contribution in [0.15, 0.2) is 54.6 Å². The molecule has 3 atom stereocenters. The molecule has 1 aliphatic carbocycles. The van der Waals surface area contributed by atoms with Crippen LogP contribution in [0.2, 0.25) is 0 Å². The number of carbonyl (C=O) groups excluding carboxylic acids is 3. The molecular formula is C30H34N8O3. The first kappa shape index (κ1) is 28.2. The third kappa shape index (κ3) is 5.37. The van der Waals surface area contributed by atoms with E-state index in [-0.39, 0.29) is 46.9 Å². The summed E-state index contributed by atoms with van der Waals surface area (Å²) in [5.41, 5.74) is 2.29. The van der Waals surface area contributed by atoms with Crippen LogP contribution in [-0.2, 0) is 22.7 Å². The zero-order valence-electron chi connectivity index (χ0n) is 24.0. The summed E-state index contributed by atoms with van der Waals surface area (Å²) in [4.78, 5) is 61.0. The van der Waals surface area contributed by atoms with Gasteiger partial charge in [0.15, 0.2) is 5.78 Å². The maximum atomic E-state index is 13.8. The van der Waals surface area contributed by atoms with E-state index < -0.39 is 6.04 Å². The number of ketones is 2. The Morgan fingerprint density at radius 3 is 2.54 bits per heavy atom. The molecule has 11 heteroatoms. The number of carbonyl (C=O) groups is 3. The van der Waals surface area contributed by atoms with E-state index in [2.05, 4.69) is 38.5 Å². The Kier molecular flexibility index (Phi) is 7.48. The van der Waals surface area contributed by atoms with E-state index >= 15 is 0 Å². The van der Waals surface area contributed by atoms with E-state index in [0.717, 1.165) is 6.42 Å². The Morgan fingerprint density at radius 1 is 1.17 bits per heavy atom. The molecule has 1 saturated carbocycles. The molecule has 41 heavy (non-hydrogen) atoms. The lowest BCUT2D eigenvalue weighted by Gasteiger charge is -2.26. The molecule has 1 saturated heterocycles. The van der Waals surface area contributed by atoms with Gasteiger partial charge in [-0.3, -0.25) is 29.0 Å². The number of aliphatic imine (C=N–C) groups is 1. The van der Waals surface area contributed by atoms with Crippen LogP contribution in [0.5, 0.6) is 0 Å². The van der Waals surface area contributed by atoms with Crippen molar-refractivity contribution in [3.8, 4) is 11.3 Å². The third-order valence-corrected chi connectivity index (χ3v) is 7.75. The molecule has 2 aliphatic rings. The number of pyridine rings is 1.